The average Bonchev–Trinajstić information content (AvgIpc) is 3.17. The molecule has 2 aromatic carbocycles. The van der Waals surface area contributed by atoms with Crippen molar-refractivity contribution in [1.29, 1.82) is 0 Å². The topological polar surface area (TPSA) is 72.5 Å². The van der Waals surface area contributed by atoms with Crippen molar-refractivity contribution in [3.8, 4) is 11.5 Å². The molecule has 0 saturated heterocycles. The highest BCUT2D eigenvalue weighted by molar-refractivity contribution is 6.31. The molecule has 0 radical (unpaired) electrons. The van der Waals surface area contributed by atoms with Crippen molar-refractivity contribution in [2.45, 2.75) is 13.5 Å². The molecule has 7 heteroatoms. The van der Waals surface area contributed by atoms with E-state index >= 15 is 0 Å². The van der Waals surface area contributed by atoms with Gasteiger partial charge in [-0.05, 0) is 54.4 Å². The number of benzene rings is 2. The standard InChI is InChI=1S/C21H18ClN3O3/c1-13-2-5-16(9-17(13)22)25-20-7-4-15(11-23-20)21(26)24-10-14-3-6-18-19(8-14)28-12-27-18/h2-9,11H,10,12H2,1H3,(H,23,25)(H,24,26). The van der Waals surface area contributed by atoms with Crippen LogP contribution < -0.4 is 20.1 Å². The predicted molar refractivity (Wildman–Crippen MR) is 107 cm³/mol. The summed E-state index contributed by atoms with van der Waals surface area (Å²) in [6.07, 6.45) is 1.53. The van der Waals surface area contributed by atoms with Gasteiger partial charge in [0.1, 0.15) is 5.82 Å². The summed E-state index contributed by atoms with van der Waals surface area (Å²) in [6.45, 7) is 2.56. The first-order valence-corrected chi connectivity index (χ1v) is 9.12. The summed E-state index contributed by atoms with van der Waals surface area (Å²) in [7, 11) is 0. The SMILES string of the molecule is Cc1ccc(Nc2ccc(C(=O)NCc3ccc4c(c3)OCO4)cn2)cc1Cl. The zero-order chi connectivity index (χ0) is 19.5. The van der Waals surface area contributed by atoms with Gasteiger partial charge in [0.05, 0.1) is 5.56 Å². The Morgan fingerprint density at radius 2 is 1.96 bits per heavy atom. The third kappa shape index (κ3) is 4.02. The Kier molecular flexibility index (Phi) is 5.04. The van der Waals surface area contributed by atoms with Gasteiger partial charge in [-0.3, -0.25) is 4.79 Å². The third-order valence-electron chi connectivity index (χ3n) is 4.36. The van der Waals surface area contributed by atoms with Gasteiger partial charge in [0.25, 0.3) is 5.91 Å². The number of fused-ring (bicyclic) bond motifs is 1. The highest BCUT2D eigenvalue weighted by Crippen LogP contribution is 2.32. The number of halogens is 1. The van der Waals surface area contributed by atoms with Gasteiger partial charge in [0.15, 0.2) is 11.5 Å². The molecule has 0 unspecified atom stereocenters. The summed E-state index contributed by atoms with van der Waals surface area (Å²) < 4.78 is 10.6. The van der Waals surface area contributed by atoms with E-state index in [9.17, 15) is 4.79 Å². The summed E-state index contributed by atoms with van der Waals surface area (Å²) in [6, 6.07) is 14.8. The number of amides is 1. The second-order valence-electron chi connectivity index (χ2n) is 6.39. The fourth-order valence-electron chi connectivity index (χ4n) is 2.76. The Morgan fingerprint density at radius 3 is 2.75 bits per heavy atom. The predicted octanol–water partition coefficient (Wildman–Crippen LogP) is 4.45. The van der Waals surface area contributed by atoms with Crippen LogP contribution >= 0.6 is 11.6 Å². The number of nitrogens with one attached hydrogen (secondary N) is 2. The Morgan fingerprint density at radius 1 is 1.11 bits per heavy atom. The summed E-state index contributed by atoms with van der Waals surface area (Å²) >= 11 is 6.14. The van der Waals surface area contributed by atoms with Crippen molar-refractivity contribution in [2.24, 2.45) is 0 Å². The lowest BCUT2D eigenvalue weighted by Gasteiger charge is -2.09. The molecule has 1 aliphatic heterocycles. The molecule has 0 bridgehead atoms. The van der Waals surface area contributed by atoms with Crippen molar-refractivity contribution in [1.82, 2.24) is 10.3 Å². The van der Waals surface area contributed by atoms with Crippen molar-refractivity contribution >= 4 is 29.0 Å². The minimum Gasteiger partial charge on any atom is -0.454 e. The lowest BCUT2D eigenvalue weighted by molar-refractivity contribution is 0.0950. The van der Waals surface area contributed by atoms with Crippen LogP contribution in [0.25, 0.3) is 0 Å². The molecule has 0 fully saturated rings. The first-order chi connectivity index (χ1) is 13.6. The largest absolute Gasteiger partial charge is 0.454 e. The molecule has 28 heavy (non-hydrogen) atoms. The van der Waals surface area contributed by atoms with E-state index in [0.29, 0.717) is 28.7 Å². The molecule has 2 heterocycles. The minimum absolute atomic E-state index is 0.199. The fraction of sp³-hybridized carbons (Fsp3) is 0.143. The second kappa shape index (κ2) is 7.78. The van der Waals surface area contributed by atoms with Gasteiger partial charge >= 0.3 is 0 Å². The molecule has 1 amide bonds. The van der Waals surface area contributed by atoms with Crippen molar-refractivity contribution in [3.63, 3.8) is 0 Å². The van der Waals surface area contributed by atoms with Gasteiger partial charge in [0, 0.05) is 23.5 Å². The molecule has 1 aromatic heterocycles. The van der Waals surface area contributed by atoms with Gasteiger partial charge < -0.3 is 20.1 Å². The number of aryl methyl sites for hydroxylation is 1. The van der Waals surface area contributed by atoms with E-state index in [2.05, 4.69) is 15.6 Å². The average molecular weight is 396 g/mol. The lowest BCUT2D eigenvalue weighted by Crippen LogP contribution is -2.22. The molecule has 6 nitrogen and oxygen atoms in total. The highest BCUT2D eigenvalue weighted by atomic mass is 35.5. The van der Waals surface area contributed by atoms with Crippen LogP contribution in [0.4, 0.5) is 11.5 Å². The van der Waals surface area contributed by atoms with E-state index in [4.69, 9.17) is 21.1 Å². The maximum Gasteiger partial charge on any atom is 0.253 e. The maximum absolute atomic E-state index is 12.4. The van der Waals surface area contributed by atoms with Crippen LogP contribution in [-0.2, 0) is 6.54 Å². The van der Waals surface area contributed by atoms with Crippen LogP contribution in [0, 0.1) is 6.92 Å². The molecule has 2 N–H and O–H groups in total. The minimum atomic E-state index is -0.199. The molecule has 0 atom stereocenters. The normalized spacial score (nSPS) is 11.9. The van der Waals surface area contributed by atoms with E-state index in [-0.39, 0.29) is 12.7 Å². The van der Waals surface area contributed by atoms with E-state index < -0.39 is 0 Å². The van der Waals surface area contributed by atoms with Crippen LogP contribution in [0.3, 0.4) is 0 Å². The molecule has 142 valence electrons. The molecule has 4 rings (SSSR count). The summed E-state index contributed by atoms with van der Waals surface area (Å²) in [5.74, 6) is 1.85. The number of hydrogen-bond acceptors (Lipinski definition) is 5. The Hall–Kier alpha value is -3.25. The smallest absolute Gasteiger partial charge is 0.253 e. The number of carbonyl (C=O) groups excluding carboxylic acids is 1. The van der Waals surface area contributed by atoms with E-state index in [1.807, 2.05) is 43.3 Å². The van der Waals surface area contributed by atoms with Gasteiger partial charge in [-0.25, -0.2) is 4.98 Å². The number of rotatable bonds is 5. The van der Waals surface area contributed by atoms with Crippen LogP contribution in [0.15, 0.2) is 54.7 Å². The first-order valence-electron chi connectivity index (χ1n) is 8.74. The van der Waals surface area contributed by atoms with Crippen LogP contribution in [0.2, 0.25) is 5.02 Å². The molecule has 0 saturated carbocycles. The number of nitrogens with zero attached hydrogens (tertiary/aromatic N) is 1. The first kappa shape index (κ1) is 18.1. The Bertz CT molecular complexity index is 1020. The van der Waals surface area contributed by atoms with Crippen molar-refractivity contribution in [3.05, 3.63) is 76.4 Å². The summed E-state index contributed by atoms with van der Waals surface area (Å²) in [5, 5.41) is 6.73. The zero-order valence-electron chi connectivity index (χ0n) is 15.2. The van der Waals surface area contributed by atoms with Crippen LogP contribution in [0.1, 0.15) is 21.5 Å². The van der Waals surface area contributed by atoms with Crippen LogP contribution in [0.5, 0.6) is 11.5 Å². The lowest BCUT2D eigenvalue weighted by atomic mass is 10.2. The number of carbonyl (C=O) groups is 1. The molecular formula is C21H18ClN3O3. The Balaban J connectivity index is 1.36. The van der Waals surface area contributed by atoms with Gasteiger partial charge in [0.2, 0.25) is 6.79 Å². The molecule has 0 spiro atoms. The third-order valence-corrected chi connectivity index (χ3v) is 4.77. The van der Waals surface area contributed by atoms with E-state index in [0.717, 1.165) is 22.6 Å². The number of aromatic nitrogens is 1. The molecule has 0 aliphatic carbocycles. The number of anilines is 2. The maximum atomic E-state index is 12.4. The number of hydrogen-bond donors (Lipinski definition) is 2. The van der Waals surface area contributed by atoms with Gasteiger partial charge in [-0.2, -0.15) is 0 Å². The van der Waals surface area contributed by atoms with Crippen molar-refractivity contribution < 1.29 is 14.3 Å². The summed E-state index contributed by atoms with van der Waals surface area (Å²) in [4.78, 5) is 16.7. The fourth-order valence-corrected chi connectivity index (χ4v) is 2.94. The Labute approximate surface area is 167 Å². The molecule has 1 aliphatic rings. The quantitative estimate of drug-likeness (QED) is 0.668. The number of ether oxygens (including phenoxy) is 2. The van der Waals surface area contributed by atoms with Crippen LogP contribution in [-0.4, -0.2) is 17.7 Å². The summed E-state index contributed by atoms with van der Waals surface area (Å²) in [5.41, 5.74) is 3.26. The van der Waals surface area contributed by atoms with Gasteiger partial charge in [-0.1, -0.05) is 23.7 Å². The molecular weight excluding hydrogens is 378 g/mol. The second-order valence-corrected chi connectivity index (χ2v) is 6.80. The monoisotopic (exact) mass is 395 g/mol. The van der Waals surface area contributed by atoms with Gasteiger partial charge in [-0.15, -0.1) is 0 Å². The zero-order valence-corrected chi connectivity index (χ0v) is 15.9. The van der Waals surface area contributed by atoms with E-state index in [1.165, 1.54) is 6.20 Å². The van der Waals surface area contributed by atoms with E-state index in [1.54, 1.807) is 12.1 Å². The van der Waals surface area contributed by atoms with Crippen molar-refractivity contribution in [2.75, 3.05) is 12.1 Å². The molecule has 3 aromatic rings. The number of pyridine rings is 1. The highest BCUT2D eigenvalue weighted by Gasteiger charge is 2.14.